The number of imidazole rings is 1. The zero-order valence-corrected chi connectivity index (χ0v) is 15.2. The number of aryl methyl sites for hydroxylation is 1. The van der Waals surface area contributed by atoms with Crippen LogP contribution in [0.2, 0.25) is 0 Å². The molecule has 1 aliphatic carbocycles. The van der Waals surface area contributed by atoms with Crippen LogP contribution in [0.15, 0.2) is 54.7 Å². The second-order valence-corrected chi connectivity index (χ2v) is 7.22. The number of nitrogens with zero attached hydrogens (tertiary/aromatic N) is 2. The summed E-state index contributed by atoms with van der Waals surface area (Å²) in [4.78, 5) is 17.6. The number of hydrogen-bond donors (Lipinski definition) is 1. The van der Waals surface area contributed by atoms with Crippen LogP contribution in [0.4, 0.5) is 4.79 Å². The number of fused-ring (bicyclic) bond motifs is 3. The first kappa shape index (κ1) is 16.1. The summed E-state index contributed by atoms with van der Waals surface area (Å²) in [6, 6.07) is 16.1. The van der Waals surface area contributed by atoms with Gasteiger partial charge in [0.25, 0.3) is 0 Å². The van der Waals surface area contributed by atoms with Gasteiger partial charge in [-0.3, -0.25) is 4.57 Å². The Morgan fingerprint density at radius 3 is 2.89 bits per heavy atom. The Balaban J connectivity index is 1.53. The van der Waals surface area contributed by atoms with Crippen LogP contribution in [0.5, 0.6) is 5.75 Å². The predicted molar refractivity (Wildman–Crippen MR) is 103 cm³/mol. The summed E-state index contributed by atoms with van der Waals surface area (Å²) >= 11 is 0. The predicted octanol–water partition coefficient (Wildman–Crippen LogP) is 3.90. The number of ether oxygens (including phenoxy) is 1. The van der Waals surface area contributed by atoms with E-state index in [9.17, 15) is 4.79 Å². The fourth-order valence-electron chi connectivity index (χ4n) is 4.34. The van der Waals surface area contributed by atoms with Crippen LogP contribution in [-0.4, -0.2) is 22.2 Å². The molecule has 1 aromatic heterocycles. The molecule has 1 N–H and O–H groups in total. The van der Waals surface area contributed by atoms with E-state index in [1.165, 1.54) is 11.1 Å². The average Bonchev–Trinajstić information content (AvgIpc) is 3.26. The maximum absolute atomic E-state index is 12.9. The van der Waals surface area contributed by atoms with Crippen molar-refractivity contribution in [1.29, 1.82) is 0 Å². The fourth-order valence-corrected chi connectivity index (χ4v) is 4.34. The maximum atomic E-state index is 12.9. The summed E-state index contributed by atoms with van der Waals surface area (Å²) in [6.45, 7) is 2.64. The first-order valence-electron chi connectivity index (χ1n) is 9.41. The van der Waals surface area contributed by atoms with Crippen LogP contribution >= 0.6 is 0 Å². The molecular formula is C22H21N3O2. The van der Waals surface area contributed by atoms with E-state index in [-0.39, 0.29) is 11.6 Å². The maximum Gasteiger partial charge on any atom is 0.327 e. The zero-order chi connectivity index (χ0) is 18.4. The lowest BCUT2D eigenvalue weighted by atomic mass is 9.86. The summed E-state index contributed by atoms with van der Waals surface area (Å²) in [7, 11) is 0. The summed E-state index contributed by atoms with van der Waals surface area (Å²) in [5.74, 6) is 1.71. The second-order valence-electron chi connectivity index (χ2n) is 7.22. The molecular weight excluding hydrogens is 338 g/mol. The molecule has 0 radical (unpaired) electrons. The first-order valence-corrected chi connectivity index (χ1v) is 9.41. The van der Waals surface area contributed by atoms with Crippen molar-refractivity contribution in [2.75, 3.05) is 6.61 Å². The Morgan fingerprint density at radius 1 is 1.22 bits per heavy atom. The topological polar surface area (TPSA) is 56.2 Å². The van der Waals surface area contributed by atoms with Gasteiger partial charge < -0.3 is 10.1 Å². The SMILES string of the molecule is CCOc1ccc2c(c1)CC[C@]21Cc2nc(-c3ccccc3)cn2C(=O)N1. The van der Waals surface area contributed by atoms with Gasteiger partial charge in [0.2, 0.25) is 0 Å². The number of amides is 1. The first-order chi connectivity index (χ1) is 13.2. The minimum absolute atomic E-state index is 0.104. The lowest BCUT2D eigenvalue weighted by Crippen LogP contribution is -2.52. The minimum atomic E-state index is -0.369. The van der Waals surface area contributed by atoms with Crippen molar-refractivity contribution in [2.45, 2.75) is 31.7 Å². The monoisotopic (exact) mass is 359 g/mol. The van der Waals surface area contributed by atoms with Crippen LogP contribution in [0.25, 0.3) is 11.3 Å². The summed E-state index contributed by atoms with van der Waals surface area (Å²) in [5.41, 5.74) is 3.93. The van der Waals surface area contributed by atoms with Crippen LogP contribution in [0.1, 0.15) is 30.3 Å². The number of carbonyl (C=O) groups is 1. The number of nitrogens with one attached hydrogen (secondary N) is 1. The third-order valence-corrected chi connectivity index (χ3v) is 5.60. The highest BCUT2D eigenvalue weighted by Crippen LogP contribution is 2.42. The molecule has 27 heavy (non-hydrogen) atoms. The van der Waals surface area contributed by atoms with Gasteiger partial charge in [-0.25, -0.2) is 9.78 Å². The van der Waals surface area contributed by atoms with Crippen LogP contribution in [0, 0.1) is 0 Å². The van der Waals surface area contributed by atoms with E-state index >= 15 is 0 Å². The van der Waals surface area contributed by atoms with Crippen molar-refractivity contribution in [3.05, 3.63) is 71.7 Å². The van der Waals surface area contributed by atoms with Crippen LogP contribution in [0.3, 0.4) is 0 Å². The molecule has 5 rings (SSSR count). The van der Waals surface area contributed by atoms with E-state index in [0.717, 1.165) is 35.7 Å². The van der Waals surface area contributed by atoms with Crippen molar-refractivity contribution >= 4 is 6.03 Å². The Bertz CT molecular complexity index is 1030. The third-order valence-electron chi connectivity index (χ3n) is 5.60. The van der Waals surface area contributed by atoms with Gasteiger partial charge >= 0.3 is 6.03 Å². The van der Waals surface area contributed by atoms with Crippen molar-refractivity contribution < 1.29 is 9.53 Å². The standard InChI is InChI=1S/C22H21N3O2/c1-2-27-17-8-9-18-16(12-17)10-11-22(18)13-20-23-19(14-25(20)21(26)24-22)15-6-4-3-5-7-15/h3-9,12,14H,2,10-11,13H2,1H3,(H,24,26)/t22-/m0/s1. The lowest BCUT2D eigenvalue weighted by Gasteiger charge is -2.35. The minimum Gasteiger partial charge on any atom is -0.494 e. The Kier molecular flexibility index (Phi) is 3.57. The van der Waals surface area contributed by atoms with Gasteiger partial charge in [0, 0.05) is 18.2 Å². The largest absolute Gasteiger partial charge is 0.494 e. The number of rotatable bonds is 3. The fraction of sp³-hybridized carbons (Fsp3) is 0.273. The summed E-state index contributed by atoms with van der Waals surface area (Å²) in [5, 5.41) is 3.26. The molecule has 2 aliphatic rings. The highest BCUT2D eigenvalue weighted by atomic mass is 16.5. The molecule has 0 fully saturated rings. The van der Waals surface area contributed by atoms with Gasteiger partial charge in [-0.05, 0) is 43.0 Å². The number of benzene rings is 2. The van der Waals surface area contributed by atoms with Crippen molar-refractivity contribution in [3.63, 3.8) is 0 Å². The molecule has 2 heterocycles. The van der Waals surface area contributed by atoms with Gasteiger partial charge in [0.15, 0.2) is 0 Å². The number of aromatic nitrogens is 2. The van der Waals surface area contributed by atoms with Gasteiger partial charge in [0.05, 0.1) is 17.8 Å². The van der Waals surface area contributed by atoms with E-state index in [0.29, 0.717) is 13.0 Å². The molecule has 5 heteroatoms. The molecule has 1 spiro atoms. The van der Waals surface area contributed by atoms with Crippen LogP contribution in [-0.2, 0) is 18.4 Å². The number of hydrogen-bond acceptors (Lipinski definition) is 3. The van der Waals surface area contributed by atoms with Crippen molar-refractivity contribution in [2.24, 2.45) is 0 Å². The van der Waals surface area contributed by atoms with Crippen molar-refractivity contribution in [1.82, 2.24) is 14.9 Å². The average molecular weight is 359 g/mol. The number of carbonyl (C=O) groups excluding carboxylic acids is 1. The molecule has 2 aromatic carbocycles. The normalized spacial score (nSPS) is 20.3. The van der Waals surface area contributed by atoms with E-state index in [1.54, 1.807) is 4.57 Å². The molecule has 1 amide bonds. The van der Waals surface area contributed by atoms with Gasteiger partial charge in [-0.2, -0.15) is 0 Å². The Labute approximate surface area is 158 Å². The molecule has 136 valence electrons. The molecule has 1 aliphatic heterocycles. The smallest absolute Gasteiger partial charge is 0.327 e. The molecule has 0 unspecified atom stereocenters. The van der Waals surface area contributed by atoms with Crippen LogP contribution < -0.4 is 10.1 Å². The lowest BCUT2D eigenvalue weighted by molar-refractivity contribution is 0.213. The highest BCUT2D eigenvalue weighted by Gasteiger charge is 2.44. The zero-order valence-electron chi connectivity index (χ0n) is 15.2. The Morgan fingerprint density at radius 2 is 2.07 bits per heavy atom. The van der Waals surface area contributed by atoms with Gasteiger partial charge in [0.1, 0.15) is 11.6 Å². The van der Waals surface area contributed by atoms with Gasteiger partial charge in [-0.1, -0.05) is 36.4 Å². The highest BCUT2D eigenvalue weighted by molar-refractivity contribution is 5.81. The molecule has 0 saturated heterocycles. The van der Waals surface area contributed by atoms with Gasteiger partial charge in [-0.15, -0.1) is 0 Å². The molecule has 0 bridgehead atoms. The second kappa shape index (κ2) is 5.98. The quantitative estimate of drug-likeness (QED) is 0.771. The van der Waals surface area contributed by atoms with E-state index in [1.807, 2.05) is 49.5 Å². The third kappa shape index (κ3) is 2.53. The Hall–Kier alpha value is -3.08. The van der Waals surface area contributed by atoms with E-state index in [4.69, 9.17) is 9.72 Å². The molecule has 1 atom stereocenters. The molecule has 0 saturated carbocycles. The molecule has 5 nitrogen and oxygen atoms in total. The van der Waals surface area contributed by atoms with E-state index < -0.39 is 0 Å². The summed E-state index contributed by atoms with van der Waals surface area (Å²) < 4.78 is 7.29. The summed E-state index contributed by atoms with van der Waals surface area (Å²) in [6.07, 6.45) is 4.35. The van der Waals surface area contributed by atoms with Crippen molar-refractivity contribution in [3.8, 4) is 17.0 Å². The molecule has 3 aromatic rings. The van der Waals surface area contributed by atoms with E-state index in [2.05, 4.69) is 17.4 Å².